The van der Waals surface area contributed by atoms with Crippen molar-refractivity contribution in [3.05, 3.63) is 64.5 Å². The summed E-state index contributed by atoms with van der Waals surface area (Å²) in [6.45, 7) is 4.95. The maximum Gasteiger partial charge on any atom is 0.262 e. The first-order chi connectivity index (χ1) is 15.7. The molecule has 2 atom stereocenters. The van der Waals surface area contributed by atoms with Gasteiger partial charge in [-0.1, -0.05) is 38.0 Å². The van der Waals surface area contributed by atoms with E-state index >= 15 is 0 Å². The Bertz CT molecular complexity index is 1340. The predicted octanol–water partition coefficient (Wildman–Crippen LogP) is 4.02. The normalized spacial score (nSPS) is 22.4. The molecule has 1 aliphatic carbocycles. The molecule has 2 fully saturated rings. The fourth-order valence-corrected chi connectivity index (χ4v) is 5.56. The molecule has 0 bridgehead atoms. The maximum atomic E-state index is 12.8. The van der Waals surface area contributed by atoms with Crippen molar-refractivity contribution in [3.8, 4) is 0 Å². The largest absolute Gasteiger partial charge is 0.310 e. The first kappa shape index (κ1) is 19.6. The Morgan fingerprint density at radius 2 is 1.97 bits per heavy atom. The van der Waals surface area contributed by atoms with Gasteiger partial charge in [-0.2, -0.15) is 5.10 Å². The molecule has 7 nitrogen and oxygen atoms in total. The van der Waals surface area contributed by atoms with Crippen molar-refractivity contribution in [2.45, 2.75) is 51.1 Å². The molecule has 3 aromatic heterocycles. The van der Waals surface area contributed by atoms with Crippen LogP contribution in [0.2, 0.25) is 0 Å². The summed E-state index contributed by atoms with van der Waals surface area (Å²) in [4.78, 5) is 27.9. The van der Waals surface area contributed by atoms with Crippen LogP contribution in [0.25, 0.3) is 21.9 Å². The highest BCUT2D eigenvalue weighted by atomic mass is 16.1. The van der Waals surface area contributed by atoms with Gasteiger partial charge in [0.05, 0.1) is 17.8 Å². The lowest BCUT2D eigenvalue weighted by Crippen LogP contribution is -2.22. The molecular weight excluding hydrogens is 400 g/mol. The Morgan fingerprint density at radius 3 is 2.84 bits per heavy atom. The van der Waals surface area contributed by atoms with E-state index in [0.717, 1.165) is 49.5 Å². The average Bonchev–Trinajstić information content (AvgIpc) is 3.53. The summed E-state index contributed by atoms with van der Waals surface area (Å²) in [7, 11) is 0. The van der Waals surface area contributed by atoms with Gasteiger partial charge in [0.25, 0.3) is 5.56 Å². The molecule has 0 amide bonds. The lowest BCUT2D eigenvalue weighted by Gasteiger charge is -2.16. The minimum atomic E-state index is -0.0707. The fourth-order valence-electron chi connectivity index (χ4n) is 5.56. The topological polar surface area (TPSA) is 79.7 Å². The number of rotatable bonds is 4. The Labute approximate surface area is 186 Å². The highest BCUT2D eigenvalue weighted by molar-refractivity contribution is 5.78. The molecule has 32 heavy (non-hydrogen) atoms. The van der Waals surface area contributed by atoms with Crippen LogP contribution in [0.1, 0.15) is 56.0 Å². The van der Waals surface area contributed by atoms with E-state index in [-0.39, 0.29) is 11.5 Å². The molecule has 1 saturated carbocycles. The van der Waals surface area contributed by atoms with Crippen molar-refractivity contribution in [3.63, 3.8) is 0 Å². The standard InChI is InChI=1S/C25H28N6O/c1-16-13-30(14-17-10-18-6-2-5-9-22(18)26-11-17)15-21(16)23-28-24-20(25(32)29-23)12-27-31(24)19-7-3-4-8-19/h2,5-6,9-12,16,19,21H,3-4,7-8,13-15H2,1H3,(H,28,29,32)/t16-,21-/m1/s1. The van der Waals surface area contributed by atoms with Crippen molar-refractivity contribution in [1.82, 2.24) is 29.6 Å². The zero-order valence-corrected chi connectivity index (χ0v) is 18.4. The average molecular weight is 429 g/mol. The van der Waals surface area contributed by atoms with Gasteiger partial charge in [0.1, 0.15) is 11.2 Å². The molecule has 1 aliphatic heterocycles. The van der Waals surface area contributed by atoms with Gasteiger partial charge in [0.2, 0.25) is 0 Å². The molecule has 164 valence electrons. The summed E-state index contributed by atoms with van der Waals surface area (Å²) >= 11 is 0. The molecule has 6 rings (SSSR count). The maximum absolute atomic E-state index is 12.8. The summed E-state index contributed by atoms with van der Waals surface area (Å²) in [5.74, 6) is 1.41. The van der Waals surface area contributed by atoms with E-state index in [2.05, 4.69) is 45.1 Å². The van der Waals surface area contributed by atoms with Crippen molar-refractivity contribution in [1.29, 1.82) is 0 Å². The zero-order valence-electron chi connectivity index (χ0n) is 18.4. The number of benzene rings is 1. The van der Waals surface area contributed by atoms with Gasteiger partial charge < -0.3 is 4.98 Å². The van der Waals surface area contributed by atoms with Gasteiger partial charge in [0.15, 0.2) is 5.65 Å². The number of fused-ring (bicyclic) bond motifs is 2. The molecule has 0 radical (unpaired) electrons. The number of hydrogen-bond acceptors (Lipinski definition) is 5. The lowest BCUT2D eigenvalue weighted by molar-refractivity contribution is 0.318. The Hall–Kier alpha value is -3.06. The third-order valence-electron chi connectivity index (χ3n) is 7.24. The SMILES string of the molecule is C[C@@H]1CN(Cc2cnc3ccccc3c2)C[C@H]1c1nc2c(cnn2C2CCCC2)c(=O)[nH]1. The molecule has 4 heterocycles. The first-order valence-electron chi connectivity index (χ1n) is 11.7. The summed E-state index contributed by atoms with van der Waals surface area (Å²) < 4.78 is 2.00. The van der Waals surface area contributed by atoms with Crippen LogP contribution < -0.4 is 5.56 Å². The Balaban J connectivity index is 1.27. The molecule has 0 unspecified atom stereocenters. The smallest absolute Gasteiger partial charge is 0.262 e. The van der Waals surface area contributed by atoms with Crippen molar-refractivity contribution >= 4 is 21.9 Å². The van der Waals surface area contributed by atoms with Crippen LogP contribution in [0.5, 0.6) is 0 Å². The highest BCUT2D eigenvalue weighted by Crippen LogP contribution is 2.33. The fraction of sp³-hybridized carbons (Fsp3) is 0.440. The van der Waals surface area contributed by atoms with Gasteiger partial charge in [-0.05, 0) is 36.5 Å². The van der Waals surface area contributed by atoms with Gasteiger partial charge >= 0.3 is 0 Å². The van der Waals surface area contributed by atoms with E-state index in [1.807, 2.05) is 23.0 Å². The quantitative estimate of drug-likeness (QED) is 0.531. The molecule has 4 aromatic rings. The van der Waals surface area contributed by atoms with E-state index in [1.54, 1.807) is 6.20 Å². The molecule has 7 heteroatoms. The Morgan fingerprint density at radius 1 is 1.12 bits per heavy atom. The molecule has 1 saturated heterocycles. The van der Waals surface area contributed by atoms with E-state index in [4.69, 9.17) is 4.98 Å². The van der Waals surface area contributed by atoms with Crippen molar-refractivity contribution in [2.24, 2.45) is 5.92 Å². The van der Waals surface area contributed by atoms with Gasteiger partial charge in [-0.3, -0.25) is 14.7 Å². The minimum absolute atomic E-state index is 0.0707. The number of aromatic nitrogens is 5. The predicted molar refractivity (Wildman–Crippen MR) is 125 cm³/mol. The summed E-state index contributed by atoms with van der Waals surface area (Å²) in [5.41, 5.74) is 2.92. The van der Waals surface area contributed by atoms with E-state index in [0.29, 0.717) is 17.3 Å². The summed E-state index contributed by atoms with van der Waals surface area (Å²) in [6, 6.07) is 10.8. The van der Waals surface area contributed by atoms with Crippen LogP contribution in [0.4, 0.5) is 0 Å². The number of pyridine rings is 1. The van der Waals surface area contributed by atoms with Crippen LogP contribution in [-0.4, -0.2) is 42.7 Å². The van der Waals surface area contributed by atoms with Crippen LogP contribution in [0, 0.1) is 5.92 Å². The second-order valence-electron chi connectivity index (χ2n) is 9.53. The van der Waals surface area contributed by atoms with Gasteiger partial charge in [-0.25, -0.2) is 9.67 Å². The molecular formula is C25H28N6O. The third-order valence-corrected chi connectivity index (χ3v) is 7.24. The van der Waals surface area contributed by atoms with E-state index in [1.165, 1.54) is 23.8 Å². The van der Waals surface area contributed by atoms with E-state index in [9.17, 15) is 4.79 Å². The summed E-state index contributed by atoms with van der Waals surface area (Å²) in [6.07, 6.45) is 8.34. The number of hydrogen-bond donors (Lipinski definition) is 1. The molecule has 2 aliphatic rings. The van der Waals surface area contributed by atoms with Crippen LogP contribution in [0.3, 0.4) is 0 Å². The number of likely N-dealkylation sites (tertiary alicyclic amines) is 1. The number of nitrogens with zero attached hydrogens (tertiary/aromatic N) is 5. The van der Waals surface area contributed by atoms with Gasteiger partial charge in [-0.15, -0.1) is 0 Å². The van der Waals surface area contributed by atoms with Crippen molar-refractivity contribution in [2.75, 3.05) is 13.1 Å². The second kappa shape index (κ2) is 7.81. The molecule has 1 aromatic carbocycles. The zero-order chi connectivity index (χ0) is 21.7. The number of para-hydroxylation sites is 1. The minimum Gasteiger partial charge on any atom is -0.310 e. The van der Waals surface area contributed by atoms with Crippen LogP contribution >= 0.6 is 0 Å². The number of H-pyrrole nitrogens is 1. The summed E-state index contributed by atoms with van der Waals surface area (Å²) in [5, 5.41) is 6.31. The highest BCUT2D eigenvalue weighted by Gasteiger charge is 2.33. The first-order valence-corrected chi connectivity index (χ1v) is 11.7. The van der Waals surface area contributed by atoms with Crippen molar-refractivity contribution < 1.29 is 0 Å². The lowest BCUT2D eigenvalue weighted by atomic mass is 9.97. The molecule has 0 spiro atoms. The molecule has 1 N–H and O–H groups in total. The van der Waals surface area contributed by atoms with Gasteiger partial charge in [0, 0.05) is 37.1 Å². The monoisotopic (exact) mass is 428 g/mol. The second-order valence-corrected chi connectivity index (χ2v) is 9.53. The third kappa shape index (κ3) is 3.41. The number of aromatic amines is 1. The van der Waals surface area contributed by atoms with Crippen LogP contribution in [0.15, 0.2) is 47.5 Å². The van der Waals surface area contributed by atoms with Crippen LogP contribution in [-0.2, 0) is 6.54 Å². The van der Waals surface area contributed by atoms with E-state index < -0.39 is 0 Å². The Kier molecular flexibility index (Phi) is 4.79. The number of nitrogens with one attached hydrogen (secondary N) is 1.